The molecule has 0 aliphatic carbocycles. The molecule has 0 amide bonds. The van der Waals surface area contributed by atoms with Gasteiger partial charge in [0.25, 0.3) is 0 Å². The van der Waals surface area contributed by atoms with Crippen LogP contribution in [0.25, 0.3) is 11.3 Å². The zero-order valence-electron chi connectivity index (χ0n) is 17.9. The largest absolute Gasteiger partial charge is 0.381 e. The molecule has 0 saturated carbocycles. The van der Waals surface area contributed by atoms with Crippen molar-refractivity contribution in [1.82, 2.24) is 20.3 Å². The molecule has 31 heavy (non-hydrogen) atoms. The van der Waals surface area contributed by atoms with Crippen LogP contribution in [-0.4, -0.2) is 53.1 Å². The minimum absolute atomic E-state index is 0.0506. The van der Waals surface area contributed by atoms with Crippen LogP contribution < -0.4 is 10.6 Å². The van der Waals surface area contributed by atoms with E-state index in [9.17, 15) is 4.79 Å². The number of halogens is 1. The first kappa shape index (κ1) is 22.1. The van der Waals surface area contributed by atoms with Crippen LogP contribution in [0.4, 0.5) is 5.82 Å². The van der Waals surface area contributed by atoms with Crippen LogP contribution in [0, 0.1) is 11.8 Å². The molecule has 2 atom stereocenters. The number of anilines is 1. The molecule has 0 aromatic carbocycles. The first-order valence-electron chi connectivity index (χ1n) is 11.1. The van der Waals surface area contributed by atoms with Gasteiger partial charge in [0, 0.05) is 62.1 Å². The molecule has 166 valence electrons. The number of pyridine rings is 1. The minimum atomic E-state index is 0.0506. The van der Waals surface area contributed by atoms with Crippen LogP contribution in [0.5, 0.6) is 0 Å². The second-order valence-electron chi connectivity index (χ2n) is 8.61. The average Bonchev–Trinajstić information content (AvgIpc) is 2.80. The zero-order chi connectivity index (χ0) is 21.6. The van der Waals surface area contributed by atoms with Crippen molar-refractivity contribution in [1.29, 1.82) is 0 Å². The highest BCUT2D eigenvalue weighted by Crippen LogP contribution is 2.28. The molecule has 0 spiro atoms. The van der Waals surface area contributed by atoms with Gasteiger partial charge in [-0.1, -0.05) is 11.6 Å². The van der Waals surface area contributed by atoms with Gasteiger partial charge in [0.1, 0.15) is 11.6 Å². The molecular formula is C23H30ClN5O2. The van der Waals surface area contributed by atoms with Crippen LogP contribution >= 0.6 is 11.6 Å². The number of Topliss-reactive ketones (excluding diaryl/α,β-unsaturated/α-hetero) is 1. The van der Waals surface area contributed by atoms with Gasteiger partial charge in [0.15, 0.2) is 0 Å². The molecule has 0 radical (unpaired) electrons. The Morgan fingerprint density at radius 1 is 1.23 bits per heavy atom. The molecule has 2 aromatic rings. The number of rotatable bonds is 7. The summed E-state index contributed by atoms with van der Waals surface area (Å²) in [6.45, 7) is 5.39. The maximum Gasteiger partial charge on any atom is 0.145 e. The highest BCUT2D eigenvalue weighted by molar-refractivity contribution is 6.33. The highest BCUT2D eigenvalue weighted by Gasteiger charge is 2.24. The van der Waals surface area contributed by atoms with Gasteiger partial charge in [-0.15, -0.1) is 0 Å². The smallest absolute Gasteiger partial charge is 0.145 e. The zero-order valence-corrected chi connectivity index (χ0v) is 18.7. The fraction of sp³-hybridized carbons (Fsp3) is 0.565. The Morgan fingerprint density at radius 2 is 2.06 bits per heavy atom. The van der Waals surface area contributed by atoms with E-state index in [0.29, 0.717) is 34.8 Å². The summed E-state index contributed by atoms with van der Waals surface area (Å²) in [7, 11) is 0. The van der Waals surface area contributed by atoms with Crippen LogP contribution in [0.3, 0.4) is 0 Å². The Kier molecular flexibility index (Phi) is 7.48. The van der Waals surface area contributed by atoms with E-state index in [1.807, 2.05) is 6.07 Å². The lowest BCUT2D eigenvalue weighted by atomic mass is 9.90. The topological polar surface area (TPSA) is 89.0 Å². The van der Waals surface area contributed by atoms with Gasteiger partial charge in [0.05, 0.1) is 23.1 Å². The van der Waals surface area contributed by atoms with E-state index in [-0.39, 0.29) is 11.7 Å². The van der Waals surface area contributed by atoms with Crippen LogP contribution in [0.15, 0.2) is 24.7 Å². The third kappa shape index (κ3) is 5.99. The van der Waals surface area contributed by atoms with E-state index in [1.54, 1.807) is 18.6 Å². The molecule has 7 nitrogen and oxygen atoms in total. The molecule has 0 unspecified atom stereocenters. The molecule has 2 aromatic heterocycles. The molecule has 2 aliphatic heterocycles. The van der Waals surface area contributed by atoms with Crippen molar-refractivity contribution in [3.05, 3.63) is 35.4 Å². The minimum Gasteiger partial charge on any atom is -0.381 e. The third-order valence-electron chi connectivity index (χ3n) is 6.21. The van der Waals surface area contributed by atoms with Gasteiger partial charge in [0.2, 0.25) is 0 Å². The number of hydrogen-bond donors (Lipinski definition) is 2. The summed E-state index contributed by atoms with van der Waals surface area (Å²) in [5.74, 6) is 1.57. The number of piperidine rings is 1. The van der Waals surface area contributed by atoms with Gasteiger partial charge in [-0.05, 0) is 44.6 Å². The number of carbonyl (C=O) groups is 1. The number of nitrogens with zero attached hydrogens (tertiary/aromatic N) is 3. The van der Waals surface area contributed by atoms with E-state index >= 15 is 0 Å². The number of aromatic nitrogens is 3. The second kappa shape index (κ2) is 10.5. The Labute approximate surface area is 188 Å². The van der Waals surface area contributed by atoms with Crippen molar-refractivity contribution in [2.75, 3.05) is 31.6 Å². The van der Waals surface area contributed by atoms with Crippen LogP contribution in [0.1, 0.15) is 38.3 Å². The Hall–Kier alpha value is -2.09. The predicted molar refractivity (Wildman–Crippen MR) is 121 cm³/mol. The lowest BCUT2D eigenvalue weighted by molar-refractivity contribution is -0.122. The Bertz CT molecular complexity index is 895. The van der Waals surface area contributed by atoms with E-state index in [0.717, 1.165) is 63.4 Å². The van der Waals surface area contributed by atoms with Crippen molar-refractivity contribution in [3.8, 4) is 11.3 Å². The quantitative estimate of drug-likeness (QED) is 0.676. The lowest BCUT2D eigenvalue weighted by Gasteiger charge is -2.26. The summed E-state index contributed by atoms with van der Waals surface area (Å²) in [5.41, 5.74) is 2.13. The van der Waals surface area contributed by atoms with E-state index in [4.69, 9.17) is 21.3 Å². The molecule has 2 fully saturated rings. The van der Waals surface area contributed by atoms with Gasteiger partial charge < -0.3 is 15.4 Å². The lowest BCUT2D eigenvalue weighted by Crippen LogP contribution is -2.40. The maximum absolute atomic E-state index is 12.7. The first-order chi connectivity index (χ1) is 15.1. The number of ether oxygens (including phenoxy) is 1. The van der Waals surface area contributed by atoms with Crippen molar-refractivity contribution in [2.24, 2.45) is 11.8 Å². The summed E-state index contributed by atoms with van der Waals surface area (Å²) < 4.78 is 5.42. The van der Waals surface area contributed by atoms with E-state index < -0.39 is 0 Å². The Morgan fingerprint density at radius 3 is 2.84 bits per heavy atom. The maximum atomic E-state index is 12.7. The first-order valence-corrected chi connectivity index (χ1v) is 11.5. The molecule has 0 bridgehead atoms. The number of nitrogens with one attached hydrogen (secondary N) is 2. The molecule has 2 saturated heterocycles. The van der Waals surface area contributed by atoms with Crippen LogP contribution in [-0.2, 0) is 16.0 Å². The molecule has 4 rings (SSSR count). The number of ketones is 1. The summed E-state index contributed by atoms with van der Waals surface area (Å²) >= 11 is 6.42. The highest BCUT2D eigenvalue weighted by atomic mass is 35.5. The van der Waals surface area contributed by atoms with E-state index in [2.05, 4.69) is 27.5 Å². The molecule has 4 heterocycles. The second-order valence-corrected chi connectivity index (χ2v) is 9.02. The molecular weight excluding hydrogens is 414 g/mol. The van der Waals surface area contributed by atoms with Gasteiger partial charge in [-0.3, -0.25) is 14.8 Å². The normalized spacial score (nSPS) is 22.3. The SMILES string of the molecule is C[C@@H]1CC[C@@H](C(=O)Cc2cc(-c3cncc(NCC4CCOCC4)n3)c(Cl)cn2)CN1. The monoisotopic (exact) mass is 443 g/mol. The fourth-order valence-electron chi connectivity index (χ4n) is 4.15. The predicted octanol–water partition coefficient (Wildman–Crippen LogP) is 3.53. The van der Waals surface area contributed by atoms with Gasteiger partial charge >= 0.3 is 0 Å². The van der Waals surface area contributed by atoms with Gasteiger partial charge in [-0.25, -0.2) is 4.98 Å². The third-order valence-corrected chi connectivity index (χ3v) is 6.51. The van der Waals surface area contributed by atoms with E-state index in [1.165, 1.54) is 0 Å². The average molecular weight is 444 g/mol. The van der Waals surface area contributed by atoms with Crippen molar-refractivity contribution in [3.63, 3.8) is 0 Å². The van der Waals surface area contributed by atoms with Gasteiger partial charge in [-0.2, -0.15) is 0 Å². The van der Waals surface area contributed by atoms with Crippen molar-refractivity contribution >= 4 is 23.2 Å². The molecule has 8 heteroatoms. The number of carbonyl (C=O) groups excluding carboxylic acids is 1. The summed E-state index contributed by atoms with van der Waals surface area (Å²) in [6, 6.07) is 2.35. The standard InChI is InChI=1S/C23H30ClN5O2/c1-15-2-3-17(11-26-15)22(30)9-18-8-19(20(24)12-27-18)21-13-25-14-23(29-21)28-10-16-4-6-31-7-5-16/h8,12-17,26H,2-7,9-11H2,1H3,(H,28,29)/t15-,17-/m1/s1. The van der Waals surface area contributed by atoms with Crippen molar-refractivity contribution < 1.29 is 9.53 Å². The summed E-state index contributed by atoms with van der Waals surface area (Å²) in [5, 5.41) is 7.28. The summed E-state index contributed by atoms with van der Waals surface area (Å²) in [6.07, 6.45) is 9.40. The summed E-state index contributed by atoms with van der Waals surface area (Å²) in [4.78, 5) is 26.1. The molecule has 2 N–H and O–H groups in total. The molecule has 2 aliphatic rings. The fourth-order valence-corrected chi connectivity index (χ4v) is 4.35. The van der Waals surface area contributed by atoms with Crippen LogP contribution in [0.2, 0.25) is 5.02 Å². The Balaban J connectivity index is 1.43. The van der Waals surface area contributed by atoms with Crippen molar-refractivity contribution in [2.45, 2.75) is 45.1 Å². The number of hydrogen-bond acceptors (Lipinski definition) is 7.